The van der Waals surface area contributed by atoms with E-state index in [0.29, 0.717) is 11.6 Å². The molecule has 1 saturated carbocycles. The monoisotopic (exact) mass is 302 g/mol. The molecule has 1 aliphatic rings. The highest BCUT2D eigenvalue weighted by Crippen LogP contribution is 2.24. The number of anilines is 1. The highest BCUT2D eigenvalue weighted by Gasteiger charge is 2.27. The predicted molar refractivity (Wildman–Crippen MR) is 84.6 cm³/mol. The van der Waals surface area contributed by atoms with E-state index in [4.69, 9.17) is 0 Å². The zero-order chi connectivity index (χ0) is 16.1. The van der Waals surface area contributed by atoms with E-state index in [1.165, 1.54) is 13.3 Å². The fraction of sp³-hybridized carbons (Fsp3) is 0.471. The van der Waals surface area contributed by atoms with Crippen molar-refractivity contribution >= 4 is 23.3 Å². The largest absolute Gasteiger partial charge is 0.346 e. The zero-order valence-corrected chi connectivity index (χ0v) is 13.0. The summed E-state index contributed by atoms with van der Waals surface area (Å²) >= 11 is 0. The van der Waals surface area contributed by atoms with E-state index in [9.17, 15) is 14.4 Å². The van der Waals surface area contributed by atoms with Crippen LogP contribution in [0, 0.1) is 5.92 Å². The maximum atomic E-state index is 12.4. The number of hydrogen-bond acceptors (Lipinski definition) is 3. The standard InChI is InChI=1S/C17H22N2O3/c1-11-7-3-5-9-14(11)19-17(22)16(21)13-8-4-6-10-15(13)18-12(2)20/h4,6,8,10-11,14H,3,5,7,9H2,1-2H3,(H,18,20)(H,19,22). The number of nitrogens with one attached hydrogen (secondary N) is 2. The predicted octanol–water partition coefficient (Wildman–Crippen LogP) is 2.52. The third kappa shape index (κ3) is 3.93. The molecular weight excluding hydrogens is 280 g/mol. The highest BCUT2D eigenvalue weighted by atomic mass is 16.2. The Morgan fingerprint density at radius 2 is 1.77 bits per heavy atom. The Kier molecular flexibility index (Phi) is 5.31. The molecule has 0 spiro atoms. The van der Waals surface area contributed by atoms with Crippen LogP contribution in [0.4, 0.5) is 5.69 Å². The van der Waals surface area contributed by atoms with Crippen molar-refractivity contribution in [3.63, 3.8) is 0 Å². The van der Waals surface area contributed by atoms with E-state index in [0.717, 1.165) is 19.3 Å². The van der Waals surface area contributed by atoms with Gasteiger partial charge in [0.25, 0.3) is 11.7 Å². The second-order valence-corrected chi connectivity index (χ2v) is 5.90. The molecule has 2 rings (SSSR count). The first-order valence-corrected chi connectivity index (χ1v) is 7.71. The molecule has 22 heavy (non-hydrogen) atoms. The molecule has 0 aromatic heterocycles. The number of hydrogen-bond donors (Lipinski definition) is 2. The molecule has 0 saturated heterocycles. The molecule has 1 fully saturated rings. The van der Waals surface area contributed by atoms with Gasteiger partial charge in [-0.05, 0) is 30.9 Å². The summed E-state index contributed by atoms with van der Waals surface area (Å²) in [5.41, 5.74) is 0.588. The van der Waals surface area contributed by atoms with Crippen LogP contribution >= 0.6 is 0 Å². The number of rotatable bonds is 4. The Balaban J connectivity index is 2.10. The molecule has 5 nitrogen and oxygen atoms in total. The highest BCUT2D eigenvalue weighted by molar-refractivity contribution is 6.44. The van der Waals surface area contributed by atoms with Crippen LogP contribution in [0.15, 0.2) is 24.3 Å². The lowest BCUT2D eigenvalue weighted by atomic mass is 9.86. The zero-order valence-electron chi connectivity index (χ0n) is 13.0. The van der Waals surface area contributed by atoms with Crippen LogP contribution in [0.25, 0.3) is 0 Å². The number of para-hydroxylation sites is 1. The third-order valence-electron chi connectivity index (χ3n) is 4.12. The van der Waals surface area contributed by atoms with E-state index < -0.39 is 11.7 Å². The van der Waals surface area contributed by atoms with Crippen molar-refractivity contribution < 1.29 is 14.4 Å². The molecule has 2 unspecified atom stereocenters. The van der Waals surface area contributed by atoms with E-state index in [1.54, 1.807) is 24.3 Å². The molecule has 1 aromatic rings. The van der Waals surface area contributed by atoms with Gasteiger partial charge in [-0.15, -0.1) is 0 Å². The first-order valence-electron chi connectivity index (χ1n) is 7.71. The van der Waals surface area contributed by atoms with Gasteiger partial charge in [0.05, 0.1) is 11.3 Å². The van der Waals surface area contributed by atoms with Crippen LogP contribution in [-0.4, -0.2) is 23.6 Å². The molecular formula is C17H22N2O3. The van der Waals surface area contributed by atoms with Crippen LogP contribution < -0.4 is 10.6 Å². The second-order valence-electron chi connectivity index (χ2n) is 5.90. The summed E-state index contributed by atoms with van der Waals surface area (Å²) in [7, 11) is 0. The molecule has 118 valence electrons. The molecule has 5 heteroatoms. The van der Waals surface area contributed by atoms with Crippen LogP contribution in [-0.2, 0) is 9.59 Å². The maximum Gasteiger partial charge on any atom is 0.292 e. The number of ketones is 1. The summed E-state index contributed by atoms with van der Waals surface area (Å²) in [4.78, 5) is 35.8. The molecule has 0 aliphatic heterocycles. The first-order chi connectivity index (χ1) is 10.5. The molecule has 2 atom stereocenters. The SMILES string of the molecule is CC(=O)Nc1ccccc1C(=O)C(=O)NC1CCCCC1C. The summed E-state index contributed by atoms with van der Waals surface area (Å²) in [6.45, 7) is 3.46. The summed E-state index contributed by atoms with van der Waals surface area (Å²) in [6.07, 6.45) is 4.23. The second kappa shape index (κ2) is 7.20. The van der Waals surface area contributed by atoms with Crippen molar-refractivity contribution in [3.05, 3.63) is 29.8 Å². The Morgan fingerprint density at radius 3 is 2.45 bits per heavy atom. The fourth-order valence-electron chi connectivity index (χ4n) is 2.87. The van der Waals surface area contributed by atoms with Crippen molar-refractivity contribution in [3.8, 4) is 0 Å². The Labute approximate surface area is 130 Å². The Morgan fingerprint density at radius 1 is 1.09 bits per heavy atom. The van der Waals surface area contributed by atoms with Gasteiger partial charge in [-0.2, -0.15) is 0 Å². The summed E-state index contributed by atoms with van der Waals surface area (Å²) in [6, 6.07) is 6.61. The van der Waals surface area contributed by atoms with Crippen LogP contribution in [0.2, 0.25) is 0 Å². The van der Waals surface area contributed by atoms with Crippen molar-refractivity contribution in [2.75, 3.05) is 5.32 Å². The molecule has 2 amide bonds. The lowest BCUT2D eigenvalue weighted by molar-refractivity contribution is -0.118. The van der Waals surface area contributed by atoms with Crippen molar-refractivity contribution in [1.82, 2.24) is 5.32 Å². The molecule has 0 heterocycles. The van der Waals surface area contributed by atoms with Crippen molar-refractivity contribution in [1.29, 1.82) is 0 Å². The maximum absolute atomic E-state index is 12.4. The van der Waals surface area contributed by atoms with E-state index in [-0.39, 0.29) is 17.5 Å². The van der Waals surface area contributed by atoms with Crippen LogP contribution in [0.1, 0.15) is 49.9 Å². The normalized spacial score (nSPS) is 21.0. The van der Waals surface area contributed by atoms with Gasteiger partial charge >= 0.3 is 0 Å². The van der Waals surface area contributed by atoms with Gasteiger partial charge < -0.3 is 10.6 Å². The lowest BCUT2D eigenvalue weighted by Crippen LogP contribution is -2.44. The minimum Gasteiger partial charge on any atom is -0.346 e. The molecule has 1 aliphatic carbocycles. The lowest BCUT2D eigenvalue weighted by Gasteiger charge is -2.29. The van der Waals surface area contributed by atoms with Gasteiger partial charge in [-0.1, -0.05) is 31.9 Å². The van der Waals surface area contributed by atoms with Crippen LogP contribution in [0.5, 0.6) is 0 Å². The number of Topliss-reactive ketones (excluding diaryl/α,β-unsaturated/α-hetero) is 1. The minimum atomic E-state index is -0.609. The van der Waals surface area contributed by atoms with Gasteiger partial charge in [-0.3, -0.25) is 14.4 Å². The molecule has 2 N–H and O–H groups in total. The van der Waals surface area contributed by atoms with E-state index in [2.05, 4.69) is 17.6 Å². The van der Waals surface area contributed by atoms with Crippen molar-refractivity contribution in [2.45, 2.75) is 45.6 Å². The molecule has 0 radical (unpaired) electrons. The van der Waals surface area contributed by atoms with Gasteiger partial charge in [0.2, 0.25) is 5.91 Å². The van der Waals surface area contributed by atoms with Gasteiger partial charge in [0, 0.05) is 13.0 Å². The quantitative estimate of drug-likeness (QED) is 0.663. The molecule has 1 aromatic carbocycles. The van der Waals surface area contributed by atoms with Gasteiger partial charge in [0.15, 0.2) is 0 Å². The summed E-state index contributed by atoms with van der Waals surface area (Å²) in [5.74, 6) is -1.10. The van der Waals surface area contributed by atoms with Crippen LogP contribution in [0.3, 0.4) is 0 Å². The first kappa shape index (κ1) is 16.2. The van der Waals surface area contributed by atoms with Gasteiger partial charge in [-0.25, -0.2) is 0 Å². The minimum absolute atomic E-state index is 0.0538. The molecule has 0 bridgehead atoms. The van der Waals surface area contributed by atoms with Crippen molar-refractivity contribution in [2.24, 2.45) is 5.92 Å². The average Bonchev–Trinajstić information content (AvgIpc) is 2.49. The summed E-state index contributed by atoms with van der Waals surface area (Å²) < 4.78 is 0. The van der Waals surface area contributed by atoms with E-state index in [1.807, 2.05) is 0 Å². The third-order valence-corrected chi connectivity index (χ3v) is 4.12. The summed E-state index contributed by atoms with van der Waals surface area (Å²) in [5, 5.41) is 5.43. The number of amides is 2. The van der Waals surface area contributed by atoms with Gasteiger partial charge in [0.1, 0.15) is 0 Å². The van der Waals surface area contributed by atoms with E-state index >= 15 is 0 Å². The number of carbonyl (C=O) groups excluding carboxylic acids is 3. The number of benzene rings is 1. The smallest absolute Gasteiger partial charge is 0.292 e. The Bertz CT molecular complexity index is 583. The average molecular weight is 302 g/mol. The Hall–Kier alpha value is -2.17. The number of carbonyl (C=O) groups is 3. The fourth-order valence-corrected chi connectivity index (χ4v) is 2.87. The topological polar surface area (TPSA) is 75.3 Å².